The van der Waals surface area contributed by atoms with Crippen molar-refractivity contribution in [2.24, 2.45) is 0 Å². The summed E-state index contributed by atoms with van der Waals surface area (Å²) in [5.41, 5.74) is 0.292. The molecular weight excluding hydrogens is 254 g/mol. The van der Waals surface area contributed by atoms with E-state index in [1.807, 2.05) is 37.1 Å². The average molecular weight is 273 g/mol. The van der Waals surface area contributed by atoms with E-state index in [0.717, 1.165) is 11.3 Å². The SMILES string of the molecule is CCc1nc2ccccc2c(=O)n1N1C[C@@]1(C)[C@@H](C)O. The number of aromatic nitrogens is 2. The Labute approximate surface area is 117 Å². The van der Waals surface area contributed by atoms with Crippen molar-refractivity contribution in [1.82, 2.24) is 9.66 Å². The molecule has 1 aliphatic heterocycles. The van der Waals surface area contributed by atoms with Gasteiger partial charge in [0.25, 0.3) is 5.56 Å². The lowest BCUT2D eigenvalue weighted by atomic mass is 10.1. The van der Waals surface area contributed by atoms with E-state index in [9.17, 15) is 9.90 Å². The Morgan fingerprint density at radius 3 is 2.75 bits per heavy atom. The van der Waals surface area contributed by atoms with Gasteiger partial charge in [-0.25, -0.2) is 9.66 Å². The second-order valence-corrected chi connectivity index (χ2v) is 5.61. The zero-order valence-corrected chi connectivity index (χ0v) is 12.0. The molecule has 5 nitrogen and oxygen atoms in total. The van der Waals surface area contributed by atoms with Crippen LogP contribution < -0.4 is 10.6 Å². The van der Waals surface area contributed by atoms with Crippen molar-refractivity contribution in [2.45, 2.75) is 38.8 Å². The highest BCUT2D eigenvalue weighted by Crippen LogP contribution is 2.33. The Morgan fingerprint density at radius 2 is 2.15 bits per heavy atom. The highest BCUT2D eigenvalue weighted by Gasteiger charge is 2.53. The molecule has 1 fully saturated rings. The Kier molecular flexibility index (Phi) is 2.83. The van der Waals surface area contributed by atoms with Gasteiger partial charge in [-0.15, -0.1) is 0 Å². The lowest BCUT2D eigenvalue weighted by Gasteiger charge is -2.20. The predicted molar refractivity (Wildman–Crippen MR) is 78.6 cm³/mol. The maximum atomic E-state index is 12.7. The minimum absolute atomic E-state index is 0.0585. The van der Waals surface area contributed by atoms with Crippen LogP contribution >= 0.6 is 0 Å². The molecule has 1 saturated heterocycles. The standard InChI is InChI=1S/C15H19N3O2/c1-4-13-16-12-8-6-5-7-11(12)14(20)18(13)17-9-15(17,3)10(2)19/h5-8,10,19H,4,9H2,1-3H3/t10-,15+,17?/m1/s1. The van der Waals surface area contributed by atoms with Gasteiger partial charge in [-0.05, 0) is 26.0 Å². The molecule has 20 heavy (non-hydrogen) atoms. The number of rotatable bonds is 3. The molecule has 106 valence electrons. The van der Waals surface area contributed by atoms with Crippen LogP contribution in [0.5, 0.6) is 0 Å². The number of aliphatic hydroxyl groups is 1. The van der Waals surface area contributed by atoms with Crippen molar-refractivity contribution >= 4 is 10.9 Å². The molecule has 1 aromatic carbocycles. The second kappa shape index (κ2) is 4.31. The Balaban J connectivity index is 2.21. The molecule has 1 aromatic heterocycles. The molecule has 3 rings (SSSR count). The van der Waals surface area contributed by atoms with Crippen molar-refractivity contribution in [3.8, 4) is 0 Å². The smallest absolute Gasteiger partial charge is 0.280 e. The van der Waals surface area contributed by atoms with Gasteiger partial charge in [0, 0.05) is 6.42 Å². The number of hydrogen-bond donors (Lipinski definition) is 1. The summed E-state index contributed by atoms with van der Waals surface area (Å²) in [6.45, 7) is 6.36. The van der Waals surface area contributed by atoms with Crippen LogP contribution in [0.1, 0.15) is 26.6 Å². The fourth-order valence-corrected chi connectivity index (χ4v) is 2.56. The Morgan fingerprint density at radius 1 is 1.45 bits per heavy atom. The fraction of sp³-hybridized carbons (Fsp3) is 0.467. The Hall–Kier alpha value is -1.88. The number of aliphatic hydroxyl groups excluding tert-OH is 1. The molecule has 1 aliphatic rings. The minimum atomic E-state index is -0.495. The average Bonchev–Trinajstić information content (AvgIpc) is 3.12. The highest BCUT2D eigenvalue weighted by atomic mass is 16.3. The summed E-state index contributed by atoms with van der Waals surface area (Å²) >= 11 is 0. The normalized spacial score (nSPS) is 23.1. The predicted octanol–water partition coefficient (Wildman–Crippen LogP) is 1.05. The van der Waals surface area contributed by atoms with E-state index in [2.05, 4.69) is 4.98 Å². The molecule has 0 amide bonds. The molecule has 2 aromatic rings. The van der Waals surface area contributed by atoms with Crippen molar-refractivity contribution in [2.75, 3.05) is 11.6 Å². The number of aryl methyl sites for hydroxylation is 1. The van der Waals surface area contributed by atoms with Gasteiger partial charge in [0.2, 0.25) is 0 Å². The third kappa shape index (κ3) is 1.73. The monoisotopic (exact) mass is 273 g/mol. The van der Waals surface area contributed by atoms with E-state index >= 15 is 0 Å². The number of fused-ring (bicyclic) bond motifs is 1. The number of nitrogens with zero attached hydrogens (tertiary/aromatic N) is 3. The van der Waals surface area contributed by atoms with Crippen LogP contribution in [-0.2, 0) is 6.42 Å². The van der Waals surface area contributed by atoms with Gasteiger partial charge >= 0.3 is 0 Å². The summed E-state index contributed by atoms with van der Waals surface area (Å²) in [6.07, 6.45) is 0.178. The largest absolute Gasteiger partial charge is 0.391 e. The van der Waals surface area contributed by atoms with Gasteiger partial charge in [0.15, 0.2) is 0 Å². The first-order valence-electron chi connectivity index (χ1n) is 6.95. The van der Waals surface area contributed by atoms with Crippen LogP contribution in [0.3, 0.4) is 0 Å². The molecule has 0 aliphatic carbocycles. The van der Waals surface area contributed by atoms with Crippen molar-refractivity contribution in [3.63, 3.8) is 0 Å². The van der Waals surface area contributed by atoms with Crippen LogP contribution in [0.2, 0.25) is 0 Å². The molecule has 0 saturated carbocycles. The molecule has 2 atom stereocenters. The molecule has 1 N–H and O–H groups in total. The molecule has 0 radical (unpaired) electrons. The first-order chi connectivity index (χ1) is 9.49. The van der Waals surface area contributed by atoms with Gasteiger partial charge in [0.05, 0.1) is 29.1 Å². The second-order valence-electron chi connectivity index (χ2n) is 5.61. The molecule has 0 unspecified atom stereocenters. The number of hydrogen-bond acceptors (Lipinski definition) is 4. The van der Waals surface area contributed by atoms with E-state index < -0.39 is 6.10 Å². The van der Waals surface area contributed by atoms with E-state index in [0.29, 0.717) is 18.4 Å². The van der Waals surface area contributed by atoms with Gasteiger partial charge in [-0.3, -0.25) is 9.80 Å². The van der Waals surface area contributed by atoms with Crippen LogP contribution in [0.4, 0.5) is 0 Å². The zero-order valence-electron chi connectivity index (χ0n) is 12.0. The van der Waals surface area contributed by atoms with E-state index in [4.69, 9.17) is 0 Å². The molecule has 0 bridgehead atoms. The maximum absolute atomic E-state index is 12.7. The maximum Gasteiger partial charge on any atom is 0.280 e. The highest BCUT2D eigenvalue weighted by molar-refractivity contribution is 5.77. The van der Waals surface area contributed by atoms with E-state index in [1.165, 1.54) is 0 Å². The number of benzene rings is 1. The molecule has 5 heteroatoms. The summed E-state index contributed by atoms with van der Waals surface area (Å²) in [6, 6.07) is 7.38. The topological polar surface area (TPSA) is 58.1 Å². The molecule has 0 spiro atoms. The van der Waals surface area contributed by atoms with Gasteiger partial charge in [0.1, 0.15) is 5.82 Å². The van der Waals surface area contributed by atoms with Gasteiger partial charge in [-0.1, -0.05) is 19.1 Å². The van der Waals surface area contributed by atoms with Gasteiger partial charge < -0.3 is 5.11 Å². The molecule has 2 heterocycles. The summed E-state index contributed by atoms with van der Waals surface area (Å²) in [4.78, 5) is 17.3. The first-order valence-corrected chi connectivity index (χ1v) is 6.95. The van der Waals surface area contributed by atoms with E-state index in [-0.39, 0.29) is 11.1 Å². The van der Waals surface area contributed by atoms with Crippen LogP contribution in [0, 0.1) is 0 Å². The van der Waals surface area contributed by atoms with E-state index in [1.54, 1.807) is 17.7 Å². The summed E-state index contributed by atoms with van der Waals surface area (Å²) in [7, 11) is 0. The fourth-order valence-electron chi connectivity index (χ4n) is 2.56. The van der Waals surface area contributed by atoms with Crippen molar-refractivity contribution in [1.29, 1.82) is 0 Å². The van der Waals surface area contributed by atoms with Crippen LogP contribution in [-0.4, -0.2) is 33.0 Å². The third-order valence-corrected chi connectivity index (χ3v) is 4.23. The number of para-hydroxylation sites is 1. The lowest BCUT2D eigenvalue weighted by molar-refractivity contribution is 0.156. The quantitative estimate of drug-likeness (QED) is 0.849. The zero-order chi connectivity index (χ0) is 14.5. The van der Waals surface area contributed by atoms with Crippen molar-refractivity contribution in [3.05, 3.63) is 40.4 Å². The lowest BCUT2D eigenvalue weighted by Crippen LogP contribution is -2.40. The van der Waals surface area contributed by atoms with Gasteiger partial charge in [-0.2, -0.15) is 0 Å². The minimum Gasteiger partial charge on any atom is -0.391 e. The third-order valence-electron chi connectivity index (χ3n) is 4.23. The molecular formula is C15H19N3O2. The Bertz CT molecular complexity index is 723. The van der Waals surface area contributed by atoms with Crippen molar-refractivity contribution < 1.29 is 5.11 Å². The van der Waals surface area contributed by atoms with Crippen LogP contribution in [0.25, 0.3) is 10.9 Å². The summed E-state index contributed by atoms with van der Waals surface area (Å²) in [5.74, 6) is 0.734. The van der Waals surface area contributed by atoms with Crippen LogP contribution in [0.15, 0.2) is 29.1 Å². The summed E-state index contributed by atoms with van der Waals surface area (Å²) < 4.78 is 1.63. The summed E-state index contributed by atoms with van der Waals surface area (Å²) in [5, 5.41) is 12.4. The first kappa shape index (κ1) is 13.1.